The van der Waals surface area contributed by atoms with Crippen molar-refractivity contribution in [3.8, 4) is 0 Å². The monoisotopic (exact) mass is 303 g/mol. The molecule has 4 nitrogen and oxygen atoms in total. The Morgan fingerprint density at radius 3 is 2.35 bits per heavy atom. The van der Waals surface area contributed by atoms with Gasteiger partial charge in [0.1, 0.15) is 0 Å². The number of carbonyl (C=O) groups excluding carboxylic acids is 1. The van der Waals surface area contributed by atoms with Crippen molar-refractivity contribution in [2.24, 2.45) is 11.8 Å². The van der Waals surface area contributed by atoms with E-state index in [0.717, 1.165) is 0 Å². The highest BCUT2D eigenvalue weighted by molar-refractivity contribution is 7.91. The van der Waals surface area contributed by atoms with Gasteiger partial charge in [0, 0.05) is 18.2 Å². The van der Waals surface area contributed by atoms with Crippen molar-refractivity contribution in [2.75, 3.05) is 11.5 Å². The van der Waals surface area contributed by atoms with E-state index in [1.165, 1.54) is 32.1 Å². The molecule has 0 saturated heterocycles. The first-order chi connectivity index (χ1) is 9.34. The minimum atomic E-state index is -3.03. The molecule has 20 heavy (non-hydrogen) atoms. The minimum absolute atomic E-state index is 0.0122. The maximum absolute atomic E-state index is 12.0. The summed E-state index contributed by atoms with van der Waals surface area (Å²) in [5, 5.41) is 2.82. The molecule has 0 aromatic heterocycles. The van der Waals surface area contributed by atoms with Crippen LogP contribution >= 0.6 is 0 Å². The highest BCUT2D eigenvalue weighted by Crippen LogP contribution is 2.31. The summed E-state index contributed by atoms with van der Waals surface area (Å²) in [4.78, 5) is 12.0. The van der Waals surface area contributed by atoms with E-state index in [9.17, 15) is 13.2 Å². The molecule has 1 N–H and O–H groups in total. The zero-order valence-corrected chi connectivity index (χ0v) is 13.8. The molecule has 5 heteroatoms. The molecule has 1 aliphatic rings. The van der Waals surface area contributed by atoms with Crippen LogP contribution in [0.3, 0.4) is 0 Å². The topological polar surface area (TPSA) is 63.2 Å². The van der Waals surface area contributed by atoms with Gasteiger partial charge in [0.05, 0.1) is 5.75 Å². The Bertz CT molecular complexity index is 399. The third kappa shape index (κ3) is 6.25. The number of amides is 1. The summed E-state index contributed by atoms with van der Waals surface area (Å²) in [5.74, 6) is 1.20. The van der Waals surface area contributed by atoms with Crippen LogP contribution in [0.25, 0.3) is 0 Å². The first kappa shape index (κ1) is 17.5. The van der Waals surface area contributed by atoms with Gasteiger partial charge in [0.15, 0.2) is 9.84 Å². The standard InChI is InChI=1S/C15H29NO3S/c1-4-20(18,19)11-13(3)16-15(17)10-12(2)14-8-6-5-7-9-14/h12-14H,4-11H2,1-3H3,(H,16,17). The Morgan fingerprint density at radius 2 is 1.80 bits per heavy atom. The number of nitrogens with one attached hydrogen (secondary N) is 1. The molecule has 1 rings (SSSR count). The second-order valence-corrected chi connectivity index (χ2v) is 8.64. The molecular weight excluding hydrogens is 274 g/mol. The van der Waals surface area contributed by atoms with Crippen LogP contribution in [0.15, 0.2) is 0 Å². The number of carbonyl (C=O) groups is 1. The fraction of sp³-hybridized carbons (Fsp3) is 0.933. The van der Waals surface area contributed by atoms with Crippen LogP contribution in [-0.2, 0) is 14.6 Å². The van der Waals surface area contributed by atoms with Crippen LogP contribution < -0.4 is 5.32 Å². The van der Waals surface area contributed by atoms with Crippen molar-refractivity contribution in [2.45, 2.75) is 65.3 Å². The third-order valence-electron chi connectivity index (χ3n) is 4.31. The summed E-state index contributed by atoms with van der Waals surface area (Å²) >= 11 is 0. The Labute approximate surface area is 123 Å². The molecule has 0 aromatic rings. The molecule has 1 amide bonds. The molecule has 0 aliphatic heterocycles. The first-order valence-electron chi connectivity index (χ1n) is 7.84. The van der Waals surface area contributed by atoms with Crippen molar-refractivity contribution in [1.82, 2.24) is 5.32 Å². The average molecular weight is 303 g/mol. The van der Waals surface area contributed by atoms with Crippen LogP contribution in [0.1, 0.15) is 59.3 Å². The smallest absolute Gasteiger partial charge is 0.220 e. The fourth-order valence-electron chi connectivity index (χ4n) is 3.04. The maximum atomic E-state index is 12.0. The highest BCUT2D eigenvalue weighted by Gasteiger charge is 2.23. The zero-order chi connectivity index (χ0) is 15.2. The lowest BCUT2D eigenvalue weighted by atomic mass is 9.79. The second-order valence-electron chi connectivity index (χ2n) is 6.25. The summed E-state index contributed by atoms with van der Waals surface area (Å²) in [7, 11) is -3.03. The van der Waals surface area contributed by atoms with E-state index in [2.05, 4.69) is 12.2 Å². The lowest BCUT2D eigenvalue weighted by Crippen LogP contribution is -2.39. The highest BCUT2D eigenvalue weighted by atomic mass is 32.2. The third-order valence-corrected chi connectivity index (χ3v) is 6.20. The molecule has 1 saturated carbocycles. The SMILES string of the molecule is CCS(=O)(=O)CC(C)NC(=O)CC(C)C1CCCCC1. The van der Waals surface area contributed by atoms with E-state index in [4.69, 9.17) is 0 Å². The quantitative estimate of drug-likeness (QED) is 0.786. The van der Waals surface area contributed by atoms with Gasteiger partial charge in [-0.25, -0.2) is 8.42 Å². The molecule has 0 heterocycles. The van der Waals surface area contributed by atoms with Gasteiger partial charge < -0.3 is 5.32 Å². The lowest BCUT2D eigenvalue weighted by Gasteiger charge is -2.27. The number of hydrogen-bond donors (Lipinski definition) is 1. The molecule has 1 fully saturated rings. The molecule has 1 aliphatic carbocycles. The van der Waals surface area contributed by atoms with Crippen molar-refractivity contribution in [1.29, 1.82) is 0 Å². The van der Waals surface area contributed by atoms with Gasteiger partial charge in [-0.05, 0) is 18.8 Å². The average Bonchev–Trinajstić information content (AvgIpc) is 2.38. The van der Waals surface area contributed by atoms with Crippen molar-refractivity contribution >= 4 is 15.7 Å². The second kappa shape index (κ2) is 8.01. The van der Waals surface area contributed by atoms with Gasteiger partial charge in [0.2, 0.25) is 5.91 Å². The van der Waals surface area contributed by atoms with Crippen LogP contribution in [0, 0.1) is 11.8 Å². The molecule has 0 aromatic carbocycles. The molecule has 2 unspecified atom stereocenters. The molecule has 0 bridgehead atoms. The van der Waals surface area contributed by atoms with Crippen LogP contribution in [-0.4, -0.2) is 31.9 Å². The molecular formula is C15H29NO3S. The van der Waals surface area contributed by atoms with Crippen molar-refractivity contribution < 1.29 is 13.2 Å². The summed E-state index contributed by atoms with van der Waals surface area (Å²) < 4.78 is 23.0. The van der Waals surface area contributed by atoms with Gasteiger partial charge in [-0.3, -0.25) is 4.79 Å². The molecule has 2 atom stereocenters. The zero-order valence-electron chi connectivity index (χ0n) is 13.0. The summed E-state index contributed by atoms with van der Waals surface area (Å²) in [6.07, 6.45) is 6.86. The number of sulfone groups is 1. The summed E-state index contributed by atoms with van der Waals surface area (Å²) in [6, 6.07) is -0.300. The number of rotatable bonds is 7. The van der Waals surface area contributed by atoms with Gasteiger partial charge in [-0.2, -0.15) is 0 Å². The van der Waals surface area contributed by atoms with E-state index in [-0.39, 0.29) is 23.5 Å². The van der Waals surface area contributed by atoms with Crippen LogP contribution in [0.4, 0.5) is 0 Å². The predicted octanol–water partition coefficient (Wildman–Crippen LogP) is 2.53. The minimum Gasteiger partial charge on any atom is -0.353 e. The predicted molar refractivity (Wildman–Crippen MR) is 82.3 cm³/mol. The van der Waals surface area contributed by atoms with Gasteiger partial charge >= 0.3 is 0 Å². The Kier molecular flexibility index (Phi) is 7.00. The Balaban J connectivity index is 2.35. The molecule has 0 radical (unpaired) electrons. The van der Waals surface area contributed by atoms with Crippen LogP contribution in [0.2, 0.25) is 0 Å². The molecule has 118 valence electrons. The van der Waals surface area contributed by atoms with Crippen molar-refractivity contribution in [3.63, 3.8) is 0 Å². The normalized spacial score (nSPS) is 20.4. The van der Waals surface area contributed by atoms with E-state index in [1.54, 1.807) is 13.8 Å². The first-order valence-corrected chi connectivity index (χ1v) is 9.66. The van der Waals surface area contributed by atoms with E-state index < -0.39 is 9.84 Å². The van der Waals surface area contributed by atoms with E-state index >= 15 is 0 Å². The maximum Gasteiger partial charge on any atom is 0.220 e. The van der Waals surface area contributed by atoms with Gasteiger partial charge in [0.25, 0.3) is 0 Å². The summed E-state index contributed by atoms with van der Waals surface area (Å²) in [6.45, 7) is 5.54. The van der Waals surface area contributed by atoms with Crippen molar-refractivity contribution in [3.05, 3.63) is 0 Å². The van der Waals surface area contributed by atoms with Gasteiger partial charge in [-0.1, -0.05) is 46.0 Å². The summed E-state index contributed by atoms with van der Waals surface area (Å²) in [5.41, 5.74) is 0. The lowest BCUT2D eigenvalue weighted by molar-refractivity contribution is -0.122. The van der Waals surface area contributed by atoms with Gasteiger partial charge in [-0.15, -0.1) is 0 Å². The Morgan fingerprint density at radius 1 is 1.20 bits per heavy atom. The van der Waals surface area contributed by atoms with E-state index in [0.29, 0.717) is 18.3 Å². The van der Waals surface area contributed by atoms with E-state index in [1.807, 2.05) is 0 Å². The fourth-order valence-corrected chi connectivity index (χ4v) is 4.12. The largest absolute Gasteiger partial charge is 0.353 e. The Hall–Kier alpha value is -0.580. The molecule has 0 spiro atoms. The van der Waals surface area contributed by atoms with Crippen LogP contribution in [0.5, 0.6) is 0 Å². The number of hydrogen-bond acceptors (Lipinski definition) is 3.